The van der Waals surface area contributed by atoms with Crippen molar-refractivity contribution in [3.8, 4) is 22.1 Å². The van der Waals surface area contributed by atoms with Gasteiger partial charge in [-0.25, -0.2) is 15.0 Å². The van der Waals surface area contributed by atoms with Gasteiger partial charge in [0.05, 0.1) is 33.0 Å². The van der Waals surface area contributed by atoms with Crippen molar-refractivity contribution >= 4 is 61.9 Å². The minimum atomic E-state index is 0.471. The predicted molar refractivity (Wildman–Crippen MR) is 125 cm³/mol. The molecule has 0 aliphatic carbocycles. The second-order valence-electron chi connectivity index (χ2n) is 6.80. The molecule has 2 N–H and O–H groups in total. The smallest absolute Gasteiger partial charge is 0.210 e. The van der Waals surface area contributed by atoms with Gasteiger partial charge in [-0.05, 0) is 24.3 Å². The van der Waals surface area contributed by atoms with E-state index in [1.54, 1.807) is 18.6 Å². The standard InChI is InChI=1S/C20H11Cl2N9S/c21-10-6-23-17(24-7-10)15-9-31-5-1-2-11(18(31)26-15)19-29-30-20(32-19)27-14-4-3-13-12(16(14)22)8-25-28-13/h1-9H,(H,25,28)(H,27,30). The lowest BCUT2D eigenvalue weighted by atomic mass is 10.2. The van der Waals surface area contributed by atoms with Crippen molar-refractivity contribution in [2.24, 2.45) is 0 Å². The summed E-state index contributed by atoms with van der Waals surface area (Å²) >= 11 is 13.8. The zero-order valence-corrected chi connectivity index (χ0v) is 18.3. The van der Waals surface area contributed by atoms with Crippen LogP contribution < -0.4 is 5.32 Å². The topological polar surface area (TPSA) is 110 Å². The fourth-order valence-electron chi connectivity index (χ4n) is 3.31. The highest BCUT2D eigenvalue weighted by Gasteiger charge is 2.16. The molecule has 0 spiro atoms. The average Bonchev–Trinajstić information content (AvgIpc) is 3.55. The van der Waals surface area contributed by atoms with Crippen molar-refractivity contribution in [2.45, 2.75) is 0 Å². The fourth-order valence-corrected chi connectivity index (χ4v) is 4.44. The number of fused-ring (bicyclic) bond motifs is 2. The Labute approximate surface area is 194 Å². The van der Waals surface area contributed by atoms with E-state index in [-0.39, 0.29) is 0 Å². The van der Waals surface area contributed by atoms with E-state index in [0.29, 0.717) is 31.7 Å². The molecule has 0 aliphatic rings. The summed E-state index contributed by atoms with van der Waals surface area (Å²) in [6, 6.07) is 7.65. The summed E-state index contributed by atoms with van der Waals surface area (Å²) in [6.07, 6.45) is 8.55. The average molecular weight is 480 g/mol. The molecule has 0 radical (unpaired) electrons. The number of aromatic nitrogens is 8. The number of nitrogens with zero attached hydrogens (tertiary/aromatic N) is 7. The van der Waals surface area contributed by atoms with E-state index in [9.17, 15) is 0 Å². The minimum Gasteiger partial charge on any atom is -0.329 e. The second-order valence-corrected chi connectivity index (χ2v) is 8.59. The molecule has 5 heterocycles. The molecule has 1 aromatic carbocycles. The van der Waals surface area contributed by atoms with Crippen LogP contribution in [-0.2, 0) is 0 Å². The number of aromatic amines is 1. The fraction of sp³-hybridized carbons (Fsp3) is 0. The lowest BCUT2D eigenvalue weighted by Gasteiger charge is -2.05. The van der Waals surface area contributed by atoms with Crippen molar-refractivity contribution < 1.29 is 0 Å². The van der Waals surface area contributed by atoms with Gasteiger partial charge < -0.3 is 9.72 Å². The molecule has 156 valence electrons. The summed E-state index contributed by atoms with van der Waals surface area (Å²) in [5, 5.41) is 22.0. The van der Waals surface area contributed by atoms with E-state index in [1.165, 1.54) is 11.3 Å². The molecule has 0 amide bonds. The van der Waals surface area contributed by atoms with Crippen LogP contribution in [-0.4, -0.2) is 39.7 Å². The van der Waals surface area contributed by atoms with Crippen LogP contribution >= 0.6 is 34.5 Å². The minimum absolute atomic E-state index is 0.471. The Bertz CT molecular complexity index is 1590. The van der Waals surface area contributed by atoms with Gasteiger partial charge in [0.2, 0.25) is 5.13 Å². The summed E-state index contributed by atoms with van der Waals surface area (Å²) in [6.45, 7) is 0. The van der Waals surface area contributed by atoms with Crippen molar-refractivity contribution in [1.82, 2.24) is 39.7 Å². The van der Waals surface area contributed by atoms with Crippen LogP contribution in [0.3, 0.4) is 0 Å². The van der Waals surface area contributed by atoms with Crippen molar-refractivity contribution in [1.29, 1.82) is 0 Å². The number of anilines is 2. The van der Waals surface area contributed by atoms with Gasteiger partial charge >= 0.3 is 0 Å². The SMILES string of the molecule is Clc1cnc(-c2cn3cccc(-c4nnc(Nc5ccc6[nH]ncc6c5Cl)s4)c3n2)nc1. The number of hydrogen-bond donors (Lipinski definition) is 2. The molecule has 12 heteroatoms. The molecule has 0 bridgehead atoms. The summed E-state index contributed by atoms with van der Waals surface area (Å²) in [5.74, 6) is 0.493. The quantitative estimate of drug-likeness (QED) is 0.355. The molecule has 32 heavy (non-hydrogen) atoms. The van der Waals surface area contributed by atoms with Crippen LogP contribution in [0.2, 0.25) is 10.0 Å². The third-order valence-electron chi connectivity index (χ3n) is 4.79. The van der Waals surface area contributed by atoms with Gasteiger partial charge in [-0.2, -0.15) is 5.10 Å². The van der Waals surface area contributed by atoms with Crippen LogP contribution in [0.5, 0.6) is 0 Å². The van der Waals surface area contributed by atoms with Gasteiger partial charge in [-0.1, -0.05) is 34.5 Å². The van der Waals surface area contributed by atoms with Gasteiger partial charge in [0.15, 0.2) is 10.8 Å². The maximum Gasteiger partial charge on any atom is 0.210 e. The third-order valence-corrected chi connectivity index (χ3v) is 6.26. The van der Waals surface area contributed by atoms with Crippen LogP contribution in [0.25, 0.3) is 38.6 Å². The maximum absolute atomic E-state index is 6.51. The molecule has 0 aliphatic heterocycles. The van der Waals surface area contributed by atoms with Gasteiger partial charge in [-0.3, -0.25) is 5.10 Å². The first-order valence-electron chi connectivity index (χ1n) is 9.34. The van der Waals surface area contributed by atoms with Crippen LogP contribution in [0.4, 0.5) is 10.8 Å². The molecule has 0 unspecified atom stereocenters. The summed E-state index contributed by atoms with van der Waals surface area (Å²) in [5.41, 5.74) is 3.79. The Kier molecular flexibility index (Phi) is 4.49. The lowest BCUT2D eigenvalue weighted by molar-refractivity contribution is 1.09. The number of halogens is 2. The van der Waals surface area contributed by atoms with E-state index >= 15 is 0 Å². The van der Waals surface area contributed by atoms with E-state index < -0.39 is 0 Å². The highest BCUT2D eigenvalue weighted by Crippen LogP contribution is 2.35. The van der Waals surface area contributed by atoms with Crippen LogP contribution in [0, 0.1) is 0 Å². The molecule has 6 aromatic rings. The molecule has 0 fully saturated rings. The Morgan fingerprint density at radius 1 is 1.03 bits per heavy atom. The summed E-state index contributed by atoms with van der Waals surface area (Å²) in [7, 11) is 0. The molecule has 9 nitrogen and oxygen atoms in total. The first-order valence-corrected chi connectivity index (χ1v) is 10.9. The number of imidazole rings is 1. The number of hydrogen-bond acceptors (Lipinski definition) is 8. The Morgan fingerprint density at radius 2 is 1.91 bits per heavy atom. The zero-order chi connectivity index (χ0) is 21.7. The van der Waals surface area contributed by atoms with Gasteiger partial charge in [0.1, 0.15) is 11.3 Å². The largest absolute Gasteiger partial charge is 0.329 e. The molecule has 6 rings (SSSR count). The van der Waals surface area contributed by atoms with E-state index in [0.717, 1.165) is 27.8 Å². The third kappa shape index (κ3) is 3.25. The summed E-state index contributed by atoms with van der Waals surface area (Å²) in [4.78, 5) is 13.2. The molecule has 0 atom stereocenters. The van der Waals surface area contributed by atoms with Crippen molar-refractivity contribution in [2.75, 3.05) is 5.32 Å². The number of H-pyrrole nitrogens is 1. The zero-order valence-electron chi connectivity index (χ0n) is 16.0. The molecule has 0 saturated heterocycles. The number of nitrogens with one attached hydrogen (secondary N) is 2. The Morgan fingerprint density at radius 3 is 2.78 bits per heavy atom. The molecule has 0 saturated carbocycles. The van der Waals surface area contributed by atoms with Crippen molar-refractivity contribution in [3.05, 3.63) is 65.3 Å². The molecular weight excluding hydrogens is 469 g/mol. The van der Waals surface area contributed by atoms with Gasteiger partial charge in [0, 0.05) is 30.2 Å². The monoisotopic (exact) mass is 479 g/mol. The van der Waals surface area contributed by atoms with Crippen LogP contribution in [0.15, 0.2) is 55.2 Å². The van der Waals surface area contributed by atoms with Gasteiger partial charge in [0.25, 0.3) is 0 Å². The van der Waals surface area contributed by atoms with E-state index in [4.69, 9.17) is 28.2 Å². The number of benzene rings is 1. The first kappa shape index (κ1) is 19.1. The predicted octanol–water partition coefficient (Wildman–Crippen LogP) is 5.24. The highest BCUT2D eigenvalue weighted by atomic mass is 35.5. The summed E-state index contributed by atoms with van der Waals surface area (Å²) < 4.78 is 1.90. The second kappa shape index (κ2) is 7.52. The first-order chi connectivity index (χ1) is 15.7. The highest BCUT2D eigenvalue weighted by molar-refractivity contribution is 7.18. The Balaban J connectivity index is 1.35. The number of rotatable bonds is 4. The maximum atomic E-state index is 6.51. The van der Waals surface area contributed by atoms with E-state index in [2.05, 4.69) is 35.7 Å². The molecule has 5 aromatic heterocycles. The lowest BCUT2D eigenvalue weighted by Crippen LogP contribution is -1.90. The molecular formula is C20H11Cl2N9S. The number of pyridine rings is 1. The van der Waals surface area contributed by atoms with Crippen molar-refractivity contribution in [3.63, 3.8) is 0 Å². The van der Waals surface area contributed by atoms with E-state index in [1.807, 2.05) is 41.1 Å². The van der Waals surface area contributed by atoms with Crippen LogP contribution in [0.1, 0.15) is 0 Å². The normalized spacial score (nSPS) is 11.4. The Hall–Kier alpha value is -3.60. The van der Waals surface area contributed by atoms with Gasteiger partial charge in [-0.15, -0.1) is 10.2 Å².